The first-order valence-electron chi connectivity index (χ1n) is 5.49. The molecule has 1 rings (SSSR count). The van der Waals surface area contributed by atoms with Crippen molar-refractivity contribution in [2.75, 3.05) is 19.6 Å². The topological polar surface area (TPSA) is 20.3 Å². The fraction of sp³-hybridized carbons (Fsp3) is 0.583. The summed E-state index contributed by atoms with van der Waals surface area (Å²) < 4.78 is 0. The minimum Gasteiger partial charge on any atom is -0.303 e. The monoisotopic (exact) mass is 225 g/mol. The fourth-order valence-electron chi connectivity index (χ4n) is 1.51. The second kappa shape index (κ2) is 6.03. The van der Waals surface area contributed by atoms with Crippen LogP contribution >= 0.6 is 11.3 Å². The first kappa shape index (κ1) is 12.4. The van der Waals surface area contributed by atoms with E-state index in [0.29, 0.717) is 6.42 Å². The van der Waals surface area contributed by atoms with Crippen LogP contribution in [0.2, 0.25) is 0 Å². The van der Waals surface area contributed by atoms with E-state index in [9.17, 15) is 4.79 Å². The van der Waals surface area contributed by atoms with Crippen LogP contribution in [-0.2, 0) is 0 Å². The van der Waals surface area contributed by atoms with Gasteiger partial charge < -0.3 is 4.90 Å². The van der Waals surface area contributed by atoms with Gasteiger partial charge in [-0.05, 0) is 32.1 Å². The van der Waals surface area contributed by atoms with Crippen molar-refractivity contribution >= 4 is 17.1 Å². The van der Waals surface area contributed by atoms with Gasteiger partial charge in [-0.2, -0.15) is 0 Å². The maximum Gasteiger partial charge on any atom is 0.174 e. The van der Waals surface area contributed by atoms with Gasteiger partial charge >= 0.3 is 0 Å². The summed E-state index contributed by atoms with van der Waals surface area (Å²) in [6.07, 6.45) is 0.641. The molecule has 0 fully saturated rings. The zero-order chi connectivity index (χ0) is 11.3. The number of ketones is 1. The van der Waals surface area contributed by atoms with E-state index >= 15 is 0 Å². The van der Waals surface area contributed by atoms with Crippen molar-refractivity contribution in [3.63, 3.8) is 0 Å². The highest BCUT2D eigenvalue weighted by molar-refractivity contribution is 7.14. The van der Waals surface area contributed by atoms with Crippen LogP contribution in [0.25, 0.3) is 0 Å². The van der Waals surface area contributed by atoms with Crippen LogP contribution in [0.1, 0.15) is 34.8 Å². The van der Waals surface area contributed by atoms with E-state index in [0.717, 1.165) is 24.5 Å². The SMILES string of the molecule is CCN(CC)CCC(=O)c1ccc(C)s1. The van der Waals surface area contributed by atoms with E-state index in [4.69, 9.17) is 0 Å². The highest BCUT2D eigenvalue weighted by Crippen LogP contribution is 2.16. The molecule has 0 aliphatic heterocycles. The number of nitrogens with zero attached hydrogens (tertiary/aromatic N) is 1. The molecular weight excluding hydrogens is 206 g/mol. The second-order valence-corrected chi connectivity index (χ2v) is 4.90. The van der Waals surface area contributed by atoms with E-state index in [1.54, 1.807) is 11.3 Å². The largest absolute Gasteiger partial charge is 0.303 e. The van der Waals surface area contributed by atoms with Gasteiger partial charge in [0.2, 0.25) is 0 Å². The van der Waals surface area contributed by atoms with Crippen molar-refractivity contribution in [2.24, 2.45) is 0 Å². The third-order valence-corrected chi connectivity index (χ3v) is 3.61. The normalized spacial score (nSPS) is 10.9. The van der Waals surface area contributed by atoms with Crippen LogP contribution in [0.5, 0.6) is 0 Å². The zero-order valence-corrected chi connectivity index (χ0v) is 10.6. The molecule has 0 saturated heterocycles. The standard InChI is InChI=1S/C12H19NOS/c1-4-13(5-2)9-8-11(14)12-7-6-10(3)15-12/h6-7H,4-5,8-9H2,1-3H3. The average molecular weight is 225 g/mol. The number of thiophene rings is 1. The quantitative estimate of drug-likeness (QED) is 0.694. The average Bonchev–Trinajstić information content (AvgIpc) is 2.66. The number of carbonyl (C=O) groups excluding carboxylic acids is 1. The van der Waals surface area contributed by atoms with Crippen LogP contribution in [0.4, 0.5) is 0 Å². The molecule has 0 spiro atoms. The van der Waals surface area contributed by atoms with Gasteiger partial charge in [-0.3, -0.25) is 4.79 Å². The molecule has 0 bridgehead atoms. The van der Waals surface area contributed by atoms with Gasteiger partial charge in [-0.15, -0.1) is 11.3 Å². The maximum absolute atomic E-state index is 11.8. The number of hydrogen-bond donors (Lipinski definition) is 0. The molecule has 0 atom stereocenters. The first-order valence-corrected chi connectivity index (χ1v) is 6.31. The maximum atomic E-state index is 11.8. The van der Waals surface area contributed by atoms with E-state index in [2.05, 4.69) is 18.7 Å². The molecule has 0 aliphatic carbocycles. The molecule has 0 saturated carbocycles. The van der Waals surface area contributed by atoms with Crippen molar-refractivity contribution < 1.29 is 4.79 Å². The molecule has 0 radical (unpaired) electrons. The Morgan fingerprint density at radius 1 is 1.33 bits per heavy atom. The summed E-state index contributed by atoms with van der Waals surface area (Å²) in [5.74, 6) is 0.278. The number of aryl methyl sites for hydroxylation is 1. The summed E-state index contributed by atoms with van der Waals surface area (Å²) in [5, 5.41) is 0. The zero-order valence-electron chi connectivity index (χ0n) is 9.75. The van der Waals surface area contributed by atoms with Crippen molar-refractivity contribution in [2.45, 2.75) is 27.2 Å². The molecule has 1 aromatic rings. The molecule has 0 aliphatic rings. The number of carbonyl (C=O) groups is 1. The number of rotatable bonds is 6. The Morgan fingerprint density at radius 2 is 2.00 bits per heavy atom. The fourth-order valence-corrected chi connectivity index (χ4v) is 2.34. The molecule has 84 valence electrons. The first-order chi connectivity index (χ1) is 7.17. The lowest BCUT2D eigenvalue weighted by Gasteiger charge is -2.16. The third kappa shape index (κ3) is 3.76. The third-order valence-electron chi connectivity index (χ3n) is 2.56. The molecule has 15 heavy (non-hydrogen) atoms. The Kier molecular flexibility index (Phi) is 4.99. The van der Waals surface area contributed by atoms with E-state index in [-0.39, 0.29) is 5.78 Å². The van der Waals surface area contributed by atoms with Crippen LogP contribution < -0.4 is 0 Å². The molecule has 0 N–H and O–H groups in total. The highest BCUT2D eigenvalue weighted by atomic mass is 32.1. The highest BCUT2D eigenvalue weighted by Gasteiger charge is 2.09. The van der Waals surface area contributed by atoms with Gasteiger partial charge in [0.05, 0.1) is 4.88 Å². The summed E-state index contributed by atoms with van der Waals surface area (Å²) in [6, 6.07) is 3.94. The van der Waals surface area contributed by atoms with Crippen LogP contribution in [0.15, 0.2) is 12.1 Å². The van der Waals surface area contributed by atoms with Gasteiger partial charge in [0.25, 0.3) is 0 Å². The Labute approximate surface area is 95.9 Å². The van der Waals surface area contributed by atoms with E-state index in [1.165, 1.54) is 4.88 Å². The van der Waals surface area contributed by atoms with Gasteiger partial charge in [0, 0.05) is 17.8 Å². The molecule has 0 amide bonds. The van der Waals surface area contributed by atoms with Crippen molar-refractivity contribution in [1.29, 1.82) is 0 Å². The minimum absolute atomic E-state index is 0.278. The lowest BCUT2D eigenvalue weighted by Crippen LogP contribution is -2.25. The molecule has 2 nitrogen and oxygen atoms in total. The summed E-state index contributed by atoms with van der Waals surface area (Å²) in [5.41, 5.74) is 0. The Balaban J connectivity index is 2.42. The van der Waals surface area contributed by atoms with E-state index in [1.807, 2.05) is 19.1 Å². The number of hydrogen-bond acceptors (Lipinski definition) is 3. The predicted molar refractivity (Wildman–Crippen MR) is 65.8 cm³/mol. The minimum atomic E-state index is 0.278. The molecule has 0 unspecified atom stereocenters. The van der Waals surface area contributed by atoms with Gasteiger partial charge in [0.1, 0.15) is 0 Å². The van der Waals surface area contributed by atoms with Crippen LogP contribution in [-0.4, -0.2) is 30.3 Å². The lowest BCUT2D eigenvalue weighted by molar-refractivity contribution is 0.0970. The lowest BCUT2D eigenvalue weighted by atomic mass is 10.2. The smallest absolute Gasteiger partial charge is 0.174 e. The van der Waals surface area contributed by atoms with Crippen molar-refractivity contribution in [3.8, 4) is 0 Å². The summed E-state index contributed by atoms with van der Waals surface area (Å²) in [6.45, 7) is 9.21. The molecule has 1 heterocycles. The Bertz CT molecular complexity index is 315. The Morgan fingerprint density at radius 3 is 2.47 bits per heavy atom. The summed E-state index contributed by atoms with van der Waals surface area (Å²) in [7, 11) is 0. The van der Waals surface area contributed by atoms with Gasteiger partial charge in [-0.25, -0.2) is 0 Å². The predicted octanol–water partition coefficient (Wildman–Crippen LogP) is 2.97. The van der Waals surface area contributed by atoms with Crippen molar-refractivity contribution in [3.05, 3.63) is 21.9 Å². The van der Waals surface area contributed by atoms with Crippen molar-refractivity contribution in [1.82, 2.24) is 4.90 Å². The summed E-state index contributed by atoms with van der Waals surface area (Å²) >= 11 is 1.59. The molecule has 0 aromatic carbocycles. The molecular formula is C12H19NOS. The number of Topliss-reactive ketones (excluding diaryl/α,β-unsaturated/α-hetero) is 1. The Hall–Kier alpha value is -0.670. The van der Waals surface area contributed by atoms with Gasteiger partial charge in [0.15, 0.2) is 5.78 Å². The van der Waals surface area contributed by atoms with Crippen LogP contribution in [0, 0.1) is 6.92 Å². The van der Waals surface area contributed by atoms with Gasteiger partial charge in [-0.1, -0.05) is 13.8 Å². The summed E-state index contributed by atoms with van der Waals surface area (Å²) in [4.78, 5) is 16.2. The van der Waals surface area contributed by atoms with E-state index < -0.39 is 0 Å². The molecule has 3 heteroatoms. The van der Waals surface area contributed by atoms with Crippen LogP contribution in [0.3, 0.4) is 0 Å². The molecule has 1 aromatic heterocycles. The second-order valence-electron chi connectivity index (χ2n) is 3.61.